The first-order chi connectivity index (χ1) is 6.60. The van der Waals surface area contributed by atoms with Crippen molar-refractivity contribution in [3.8, 4) is 11.8 Å². The Bertz CT molecular complexity index is 390. The topological polar surface area (TPSA) is 56.9 Å². The van der Waals surface area contributed by atoms with Crippen LogP contribution < -0.4 is 0 Å². The summed E-state index contributed by atoms with van der Waals surface area (Å²) in [5.74, 6) is -0.743. The first-order valence-corrected chi connectivity index (χ1v) is 4.69. The number of halogens is 3. The van der Waals surface area contributed by atoms with E-state index in [0.717, 1.165) is 0 Å². The third-order valence-corrected chi connectivity index (χ3v) is 2.11. The predicted octanol–water partition coefficient (Wildman–Crippen LogP) is 2.49. The molecule has 3 nitrogen and oxygen atoms in total. The van der Waals surface area contributed by atoms with Crippen molar-refractivity contribution < 1.29 is 13.9 Å². The van der Waals surface area contributed by atoms with Crippen LogP contribution in [0.1, 0.15) is 23.4 Å². The molecular formula is C8H5BrF2N2O. The van der Waals surface area contributed by atoms with Gasteiger partial charge in [-0.2, -0.15) is 5.26 Å². The van der Waals surface area contributed by atoms with Crippen molar-refractivity contribution in [3.63, 3.8) is 0 Å². The minimum Gasteiger partial charge on any atom is -0.505 e. The summed E-state index contributed by atoms with van der Waals surface area (Å²) in [4.78, 5) is 3.50. The van der Waals surface area contributed by atoms with Crippen LogP contribution in [-0.4, -0.2) is 10.1 Å². The molecular weight excluding hydrogens is 258 g/mol. The average Bonchev–Trinajstić information content (AvgIpc) is 2.17. The number of hydrogen-bond acceptors (Lipinski definition) is 3. The zero-order valence-corrected chi connectivity index (χ0v) is 8.42. The Morgan fingerprint density at radius 2 is 2.29 bits per heavy atom. The summed E-state index contributed by atoms with van der Waals surface area (Å²) in [7, 11) is 0. The second-order valence-electron chi connectivity index (χ2n) is 2.44. The van der Waals surface area contributed by atoms with Gasteiger partial charge in [0.1, 0.15) is 11.8 Å². The summed E-state index contributed by atoms with van der Waals surface area (Å²) in [6, 6.07) is 2.88. The van der Waals surface area contributed by atoms with Crippen LogP contribution in [0, 0.1) is 11.3 Å². The number of nitriles is 1. The molecule has 0 saturated heterocycles. The molecule has 14 heavy (non-hydrogen) atoms. The van der Waals surface area contributed by atoms with Crippen molar-refractivity contribution in [2.75, 3.05) is 0 Å². The molecule has 0 amide bonds. The molecule has 0 atom stereocenters. The monoisotopic (exact) mass is 262 g/mol. The molecule has 1 heterocycles. The molecule has 0 aliphatic rings. The number of aromatic hydroxyl groups is 1. The normalized spacial score (nSPS) is 10.2. The van der Waals surface area contributed by atoms with Crippen molar-refractivity contribution in [1.29, 1.82) is 5.26 Å². The number of hydrogen-bond donors (Lipinski definition) is 1. The van der Waals surface area contributed by atoms with E-state index in [1.807, 2.05) is 0 Å². The summed E-state index contributed by atoms with van der Waals surface area (Å²) in [5, 5.41) is 18.0. The maximum atomic E-state index is 12.3. The highest BCUT2D eigenvalue weighted by Gasteiger charge is 2.19. The van der Waals surface area contributed by atoms with Crippen molar-refractivity contribution in [3.05, 3.63) is 23.0 Å². The third-order valence-electron chi connectivity index (χ3n) is 1.54. The number of alkyl halides is 3. The van der Waals surface area contributed by atoms with E-state index in [1.54, 1.807) is 6.07 Å². The first kappa shape index (κ1) is 10.9. The van der Waals surface area contributed by atoms with Crippen LogP contribution in [0.4, 0.5) is 8.78 Å². The van der Waals surface area contributed by atoms with Crippen LogP contribution in [0.5, 0.6) is 5.75 Å². The number of nitrogens with zero attached hydrogens (tertiary/aromatic N) is 2. The molecule has 0 bridgehead atoms. The Labute approximate surface area is 87.1 Å². The Morgan fingerprint density at radius 3 is 2.71 bits per heavy atom. The molecule has 1 N–H and O–H groups in total. The summed E-state index contributed by atoms with van der Waals surface area (Å²) in [6.45, 7) is 0. The van der Waals surface area contributed by atoms with Crippen LogP contribution in [-0.2, 0) is 5.33 Å². The zero-order valence-electron chi connectivity index (χ0n) is 6.84. The summed E-state index contributed by atoms with van der Waals surface area (Å²) >= 11 is 3.03. The quantitative estimate of drug-likeness (QED) is 0.834. The molecule has 1 aromatic heterocycles. The van der Waals surface area contributed by atoms with E-state index in [9.17, 15) is 13.9 Å². The molecule has 0 unspecified atom stereocenters. The van der Waals surface area contributed by atoms with E-state index >= 15 is 0 Å². The van der Waals surface area contributed by atoms with Gasteiger partial charge < -0.3 is 5.11 Å². The Morgan fingerprint density at radius 1 is 1.64 bits per heavy atom. The molecule has 0 aliphatic heterocycles. The molecule has 0 aromatic carbocycles. The molecule has 1 aromatic rings. The van der Waals surface area contributed by atoms with Gasteiger partial charge in [0.25, 0.3) is 6.43 Å². The van der Waals surface area contributed by atoms with Crippen LogP contribution in [0.3, 0.4) is 0 Å². The SMILES string of the molecule is N#Cc1cc(CBr)nc(C(F)F)c1O. The second kappa shape index (κ2) is 4.33. The van der Waals surface area contributed by atoms with E-state index < -0.39 is 17.9 Å². The van der Waals surface area contributed by atoms with E-state index in [4.69, 9.17) is 5.26 Å². The van der Waals surface area contributed by atoms with Crippen LogP contribution >= 0.6 is 15.9 Å². The van der Waals surface area contributed by atoms with E-state index in [0.29, 0.717) is 0 Å². The molecule has 0 radical (unpaired) electrons. The smallest absolute Gasteiger partial charge is 0.284 e. The second-order valence-corrected chi connectivity index (χ2v) is 3.00. The number of aromatic nitrogens is 1. The first-order valence-electron chi connectivity index (χ1n) is 3.57. The standard InChI is InChI=1S/C8H5BrF2N2O/c9-2-5-1-4(3-12)7(14)6(13-5)8(10)11/h1,8,14H,2H2. The van der Waals surface area contributed by atoms with Gasteiger partial charge in [-0.1, -0.05) is 15.9 Å². The highest BCUT2D eigenvalue weighted by atomic mass is 79.9. The molecule has 0 fully saturated rings. The fourth-order valence-corrected chi connectivity index (χ4v) is 1.21. The van der Waals surface area contributed by atoms with E-state index in [1.165, 1.54) is 6.07 Å². The van der Waals surface area contributed by atoms with Gasteiger partial charge in [-0.05, 0) is 6.07 Å². The van der Waals surface area contributed by atoms with Gasteiger partial charge in [0, 0.05) is 5.33 Å². The van der Waals surface area contributed by atoms with E-state index in [2.05, 4.69) is 20.9 Å². The molecule has 1 rings (SSSR count). The van der Waals surface area contributed by atoms with Gasteiger partial charge in [0.05, 0.1) is 11.3 Å². The summed E-state index contributed by atoms with van der Waals surface area (Å²) in [6.07, 6.45) is -2.89. The number of rotatable bonds is 2. The highest BCUT2D eigenvalue weighted by molar-refractivity contribution is 9.08. The summed E-state index contributed by atoms with van der Waals surface area (Å²) < 4.78 is 24.6. The van der Waals surface area contributed by atoms with Crippen molar-refractivity contribution in [2.24, 2.45) is 0 Å². The molecule has 74 valence electrons. The van der Waals surface area contributed by atoms with Crippen LogP contribution in [0.2, 0.25) is 0 Å². The van der Waals surface area contributed by atoms with Crippen LogP contribution in [0.15, 0.2) is 6.07 Å². The fraction of sp³-hybridized carbons (Fsp3) is 0.250. The molecule has 6 heteroatoms. The summed E-state index contributed by atoms with van der Waals surface area (Å²) in [5.41, 5.74) is -0.655. The highest BCUT2D eigenvalue weighted by Crippen LogP contribution is 2.29. The van der Waals surface area contributed by atoms with Gasteiger partial charge in [0.2, 0.25) is 0 Å². The van der Waals surface area contributed by atoms with Gasteiger partial charge in [-0.25, -0.2) is 13.8 Å². The van der Waals surface area contributed by atoms with Crippen molar-refractivity contribution >= 4 is 15.9 Å². The Hall–Kier alpha value is -1.22. The number of pyridine rings is 1. The lowest BCUT2D eigenvalue weighted by Gasteiger charge is -2.05. The Kier molecular flexibility index (Phi) is 3.36. The third kappa shape index (κ3) is 1.99. The van der Waals surface area contributed by atoms with E-state index in [-0.39, 0.29) is 16.6 Å². The molecule has 0 saturated carbocycles. The fourth-order valence-electron chi connectivity index (χ4n) is 0.919. The lowest BCUT2D eigenvalue weighted by Crippen LogP contribution is -1.97. The predicted molar refractivity (Wildman–Crippen MR) is 48.2 cm³/mol. The lowest BCUT2D eigenvalue weighted by atomic mass is 10.2. The zero-order chi connectivity index (χ0) is 10.7. The van der Waals surface area contributed by atoms with Crippen molar-refractivity contribution in [2.45, 2.75) is 11.8 Å². The van der Waals surface area contributed by atoms with Gasteiger partial charge >= 0.3 is 0 Å². The van der Waals surface area contributed by atoms with Crippen molar-refractivity contribution in [1.82, 2.24) is 4.98 Å². The Balaban J connectivity index is 3.36. The largest absolute Gasteiger partial charge is 0.505 e. The van der Waals surface area contributed by atoms with Gasteiger partial charge in [-0.3, -0.25) is 0 Å². The average molecular weight is 263 g/mol. The molecule has 0 aliphatic carbocycles. The van der Waals surface area contributed by atoms with Gasteiger partial charge in [0.15, 0.2) is 5.75 Å². The minimum atomic E-state index is -2.89. The minimum absolute atomic E-state index is 0.190. The molecule has 0 spiro atoms. The maximum absolute atomic E-state index is 12.3. The maximum Gasteiger partial charge on any atom is 0.284 e. The van der Waals surface area contributed by atoms with Gasteiger partial charge in [-0.15, -0.1) is 0 Å². The van der Waals surface area contributed by atoms with Crippen LogP contribution in [0.25, 0.3) is 0 Å². The lowest BCUT2D eigenvalue weighted by molar-refractivity contribution is 0.141.